The van der Waals surface area contributed by atoms with Gasteiger partial charge in [-0.3, -0.25) is 0 Å². The Morgan fingerprint density at radius 1 is 1.21 bits per heavy atom. The number of nitrogens with zero attached hydrogens (tertiary/aromatic N) is 1. The number of piperidine rings is 1. The third-order valence-corrected chi connectivity index (χ3v) is 3.83. The number of benzene rings is 1. The zero-order chi connectivity index (χ0) is 13.7. The van der Waals surface area contributed by atoms with Gasteiger partial charge in [0.15, 0.2) is 0 Å². The second-order valence-electron chi connectivity index (χ2n) is 5.42. The van der Waals surface area contributed by atoms with Crippen LogP contribution in [-0.4, -0.2) is 31.6 Å². The molecule has 0 radical (unpaired) electrons. The quantitative estimate of drug-likeness (QED) is 0.883. The molecule has 4 heteroatoms. The largest absolute Gasteiger partial charge is 0.312 e. The third-order valence-electron chi connectivity index (χ3n) is 3.83. The fourth-order valence-electron chi connectivity index (χ4n) is 2.47. The third kappa shape index (κ3) is 4.55. The minimum absolute atomic E-state index is 0.0964. The van der Waals surface area contributed by atoms with Crippen LogP contribution in [0.4, 0.5) is 8.78 Å². The van der Waals surface area contributed by atoms with Crippen LogP contribution in [0.15, 0.2) is 24.3 Å². The molecule has 0 aliphatic carbocycles. The molecule has 1 aromatic carbocycles. The van der Waals surface area contributed by atoms with Crippen molar-refractivity contribution in [1.82, 2.24) is 10.2 Å². The summed E-state index contributed by atoms with van der Waals surface area (Å²) in [6.45, 7) is 4.13. The smallest absolute Gasteiger partial charge is 0.263 e. The van der Waals surface area contributed by atoms with E-state index in [9.17, 15) is 8.78 Å². The van der Waals surface area contributed by atoms with Gasteiger partial charge in [0.1, 0.15) is 0 Å². The van der Waals surface area contributed by atoms with Gasteiger partial charge in [-0.1, -0.05) is 24.3 Å². The number of hydrogen-bond donors (Lipinski definition) is 1. The molecule has 1 heterocycles. The summed E-state index contributed by atoms with van der Waals surface area (Å²) in [5.74, 6) is 0.747. The lowest BCUT2D eigenvalue weighted by Gasteiger charge is -2.29. The van der Waals surface area contributed by atoms with Gasteiger partial charge < -0.3 is 10.2 Å². The predicted octanol–water partition coefficient (Wildman–Crippen LogP) is 3.06. The first-order valence-corrected chi connectivity index (χ1v) is 6.91. The maximum absolute atomic E-state index is 12.4. The summed E-state index contributed by atoms with van der Waals surface area (Å²) in [5.41, 5.74) is 1.16. The molecule has 0 atom stereocenters. The second-order valence-corrected chi connectivity index (χ2v) is 5.42. The van der Waals surface area contributed by atoms with Crippen molar-refractivity contribution in [2.45, 2.75) is 25.8 Å². The summed E-state index contributed by atoms with van der Waals surface area (Å²) in [6, 6.07) is 6.58. The first-order chi connectivity index (χ1) is 9.15. The Labute approximate surface area is 113 Å². The molecule has 0 spiro atoms. The molecule has 1 aromatic rings. The molecule has 0 amide bonds. The van der Waals surface area contributed by atoms with Crippen molar-refractivity contribution in [1.29, 1.82) is 0 Å². The Hall–Kier alpha value is -1.00. The van der Waals surface area contributed by atoms with Crippen LogP contribution in [0.1, 0.15) is 30.4 Å². The van der Waals surface area contributed by atoms with Crippen molar-refractivity contribution < 1.29 is 8.78 Å². The van der Waals surface area contributed by atoms with Crippen LogP contribution >= 0.6 is 0 Å². The van der Waals surface area contributed by atoms with Crippen LogP contribution in [-0.2, 0) is 6.54 Å². The van der Waals surface area contributed by atoms with E-state index in [1.54, 1.807) is 12.1 Å². The van der Waals surface area contributed by atoms with Gasteiger partial charge in [0.05, 0.1) is 0 Å². The minimum Gasteiger partial charge on any atom is -0.312 e. The summed E-state index contributed by atoms with van der Waals surface area (Å²) >= 11 is 0. The first-order valence-electron chi connectivity index (χ1n) is 6.91. The molecule has 0 aromatic heterocycles. The predicted molar refractivity (Wildman–Crippen MR) is 73.3 cm³/mol. The first kappa shape index (κ1) is 14.4. The van der Waals surface area contributed by atoms with Gasteiger partial charge in [-0.15, -0.1) is 0 Å². The zero-order valence-electron chi connectivity index (χ0n) is 11.4. The van der Waals surface area contributed by atoms with Crippen molar-refractivity contribution in [3.05, 3.63) is 35.4 Å². The number of likely N-dealkylation sites (tertiary alicyclic amines) is 1. The molecular formula is C15H22F2N2. The fraction of sp³-hybridized carbons (Fsp3) is 0.600. The molecule has 1 saturated heterocycles. The lowest BCUT2D eigenvalue weighted by Crippen LogP contribution is -2.34. The van der Waals surface area contributed by atoms with Gasteiger partial charge in [-0.25, -0.2) is 8.78 Å². The fourth-order valence-corrected chi connectivity index (χ4v) is 2.47. The van der Waals surface area contributed by atoms with E-state index in [0.29, 0.717) is 0 Å². The van der Waals surface area contributed by atoms with Crippen LogP contribution < -0.4 is 5.32 Å². The van der Waals surface area contributed by atoms with E-state index in [2.05, 4.69) is 17.3 Å². The van der Waals surface area contributed by atoms with Gasteiger partial charge in [0.25, 0.3) is 6.43 Å². The molecule has 0 saturated carbocycles. The highest BCUT2D eigenvalue weighted by atomic mass is 19.3. The van der Waals surface area contributed by atoms with E-state index in [1.165, 1.54) is 38.1 Å². The van der Waals surface area contributed by atoms with Crippen molar-refractivity contribution in [3.63, 3.8) is 0 Å². The SMILES string of the molecule is CN1CCC(CNCc2ccc(C(F)F)cc2)CC1. The summed E-state index contributed by atoms with van der Waals surface area (Å²) in [6.07, 6.45) is 0.114. The number of rotatable bonds is 5. The highest BCUT2D eigenvalue weighted by Gasteiger charge is 2.15. The topological polar surface area (TPSA) is 15.3 Å². The van der Waals surface area contributed by atoms with Gasteiger partial charge in [-0.05, 0) is 51.0 Å². The van der Waals surface area contributed by atoms with Gasteiger partial charge >= 0.3 is 0 Å². The standard InChI is InChI=1S/C15H22F2N2/c1-19-8-6-13(7-9-19)11-18-10-12-2-4-14(5-3-12)15(16)17/h2-5,13,15,18H,6-11H2,1H3. The van der Waals surface area contributed by atoms with Crippen molar-refractivity contribution >= 4 is 0 Å². The summed E-state index contributed by atoms with van der Waals surface area (Å²) in [4.78, 5) is 2.36. The Morgan fingerprint density at radius 3 is 2.42 bits per heavy atom. The van der Waals surface area contributed by atoms with E-state index in [-0.39, 0.29) is 5.56 Å². The normalized spacial score (nSPS) is 18.1. The van der Waals surface area contributed by atoms with E-state index < -0.39 is 6.43 Å². The van der Waals surface area contributed by atoms with E-state index in [4.69, 9.17) is 0 Å². The molecule has 1 N–H and O–H groups in total. The molecule has 0 unspecified atom stereocenters. The average Bonchev–Trinajstić information content (AvgIpc) is 2.41. The maximum Gasteiger partial charge on any atom is 0.263 e. The van der Waals surface area contributed by atoms with Crippen LogP contribution in [0.3, 0.4) is 0 Å². The Balaban J connectivity index is 1.70. The summed E-state index contributed by atoms with van der Waals surface area (Å²) in [7, 11) is 2.16. The van der Waals surface area contributed by atoms with Crippen molar-refractivity contribution in [3.8, 4) is 0 Å². The Kier molecular flexibility index (Phi) is 5.28. The number of hydrogen-bond acceptors (Lipinski definition) is 2. The molecular weight excluding hydrogens is 246 g/mol. The molecule has 19 heavy (non-hydrogen) atoms. The number of alkyl halides is 2. The molecule has 2 nitrogen and oxygen atoms in total. The van der Waals surface area contributed by atoms with Crippen molar-refractivity contribution in [2.24, 2.45) is 5.92 Å². The van der Waals surface area contributed by atoms with Crippen LogP contribution in [0, 0.1) is 5.92 Å². The number of nitrogens with one attached hydrogen (secondary N) is 1. The second kappa shape index (κ2) is 6.96. The summed E-state index contributed by atoms with van der Waals surface area (Å²) < 4.78 is 24.8. The van der Waals surface area contributed by atoms with Gasteiger partial charge in [0, 0.05) is 12.1 Å². The highest BCUT2D eigenvalue weighted by Crippen LogP contribution is 2.19. The van der Waals surface area contributed by atoms with Crippen LogP contribution in [0.25, 0.3) is 0 Å². The lowest BCUT2D eigenvalue weighted by atomic mass is 9.97. The highest BCUT2D eigenvalue weighted by molar-refractivity contribution is 5.23. The summed E-state index contributed by atoms with van der Waals surface area (Å²) in [5, 5.41) is 3.43. The molecule has 1 fully saturated rings. The Bertz CT molecular complexity index is 370. The monoisotopic (exact) mass is 268 g/mol. The zero-order valence-corrected chi connectivity index (χ0v) is 11.4. The van der Waals surface area contributed by atoms with E-state index >= 15 is 0 Å². The molecule has 106 valence electrons. The maximum atomic E-state index is 12.4. The van der Waals surface area contributed by atoms with Gasteiger partial charge in [-0.2, -0.15) is 0 Å². The molecule has 2 rings (SSSR count). The molecule has 1 aliphatic heterocycles. The number of halogens is 2. The van der Waals surface area contributed by atoms with Gasteiger partial charge in [0.2, 0.25) is 0 Å². The van der Waals surface area contributed by atoms with Crippen molar-refractivity contribution in [2.75, 3.05) is 26.7 Å². The van der Waals surface area contributed by atoms with Crippen LogP contribution in [0.2, 0.25) is 0 Å². The van der Waals surface area contributed by atoms with E-state index in [1.807, 2.05) is 0 Å². The minimum atomic E-state index is -2.37. The van der Waals surface area contributed by atoms with Crippen LogP contribution in [0.5, 0.6) is 0 Å². The molecule has 0 bridgehead atoms. The molecule has 1 aliphatic rings. The van der Waals surface area contributed by atoms with E-state index in [0.717, 1.165) is 24.6 Å². The Morgan fingerprint density at radius 2 is 1.84 bits per heavy atom. The average molecular weight is 268 g/mol. The lowest BCUT2D eigenvalue weighted by molar-refractivity contribution is 0.151.